The molecular weight excluding hydrogens is 302 g/mol. The van der Waals surface area contributed by atoms with Gasteiger partial charge in [-0.1, -0.05) is 0 Å². The van der Waals surface area contributed by atoms with Crippen molar-refractivity contribution >= 4 is 34.3 Å². The van der Waals surface area contributed by atoms with Crippen molar-refractivity contribution in [3.63, 3.8) is 0 Å². The number of imidazole rings is 1. The first-order chi connectivity index (χ1) is 10.7. The molecule has 114 valence electrons. The van der Waals surface area contributed by atoms with Gasteiger partial charge in [0.15, 0.2) is 22.8 Å². The average Bonchev–Trinajstić information content (AvgIpc) is 3.14. The maximum Gasteiger partial charge on any atom is 0.224 e. The summed E-state index contributed by atoms with van der Waals surface area (Å²) in [4.78, 5) is 17.4. The van der Waals surface area contributed by atoms with E-state index >= 15 is 0 Å². The van der Waals surface area contributed by atoms with Crippen LogP contribution in [0.25, 0.3) is 17.0 Å². The summed E-state index contributed by atoms with van der Waals surface area (Å²) >= 11 is 1.52. The normalized spacial score (nSPS) is 16.4. The number of nitrogens with two attached hydrogens (primary N) is 2. The Labute approximate surface area is 130 Å². The zero-order valence-electron chi connectivity index (χ0n) is 11.8. The number of nitrogen functional groups attached to an aromatic ring is 2. The van der Waals surface area contributed by atoms with Crippen LogP contribution in [0.2, 0.25) is 0 Å². The number of fused-ring (bicyclic) bond motifs is 1. The Bertz CT molecular complexity index is 808. The Morgan fingerprint density at radius 3 is 2.73 bits per heavy atom. The number of nitrogens with zero attached hydrogens (tertiary/aromatic N) is 5. The van der Waals surface area contributed by atoms with Crippen LogP contribution >= 0.6 is 11.3 Å². The molecule has 3 aromatic rings. The van der Waals surface area contributed by atoms with Crippen molar-refractivity contribution in [1.29, 1.82) is 0 Å². The fraction of sp³-hybridized carbons (Fsp3) is 0.385. The van der Waals surface area contributed by atoms with Gasteiger partial charge in [-0.2, -0.15) is 9.97 Å². The quantitative estimate of drug-likeness (QED) is 0.732. The largest absolute Gasteiger partial charge is 0.382 e. The number of hydrogen-bond donors (Lipinski definition) is 2. The van der Waals surface area contributed by atoms with Crippen molar-refractivity contribution < 1.29 is 4.74 Å². The van der Waals surface area contributed by atoms with E-state index in [0.717, 1.165) is 37.7 Å². The molecule has 0 amide bonds. The molecule has 0 aromatic carbocycles. The zero-order valence-corrected chi connectivity index (χ0v) is 12.6. The van der Waals surface area contributed by atoms with Crippen molar-refractivity contribution in [3.05, 3.63) is 16.7 Å². The monoisotopic (exact) mass is 317 g/mol. The van der Waals surface area contributed by atoms with E-state index in [4.69, 9.17) is 21.2 Å². The number of ether oxygens (including phenoxy) is 1. The summed E-state index contributed by atoms with van der Waals surface area (Å²) in [6.45, 7) is 1.46. The van der Waals surface area contributed by atoms with Gasteiger partial charge in [0.1, 0.15) is 5.82 Å². The molecule has 0 saturated carbocycles. The van der Waals surface area contributed by atoms with Crippen molar-refractivity contribution in [2.75, 3.05) is 24.7 Å². The van der Waals surface area contributed by atoms with Gasteiger partial charge in [-0.05, 0) is 12.8 Å². The van der Waals surface area contributed by atoms with Crippen LogP contribution in [0, 0.1) is 0 Å². The molecule has 4 rings (SSSR count). The van der Waals surface area contributed by atoms with E-state index in [1.165, 1.54) is 11.3 Å². The first-order valence-corrected chi connectivity index (χ1v) is 7.96. The van der Waals surface area contributed by atoms with Gasteiger partial charge in [-0.3, -0.25) is 4.57 Å². The molecule has 1 fully saturated rings. The Balaban J connectivity index is 1.98. The fourth-order valence-electron chi connectivity index (χ4n) is 2.79. The summed E-state index contributed by atoms with van der Waals surface area (Å²) in [5.74, 6) is 2.40. The molecular formula is C13H15N7OS. The number of aromatic nitrogens is 5. The molecule has 0 unspecified atom stereocenters. The first kappa shape index (κ1) is 13.4. The summed E-state index contributed by atoms with van der Waals surface area (Å²) in [6.07, 6.45) is 1.83. The third-order valence-electron chi connectivity index (χ3n) is 3.81. The lowest BCUT2D eigenvalue weighted by Gasteiger charge is -2.21. The van der Waals surface area contributed by atoms with Gasteiger partial charge < -0.3 is 16.2 Å². The molecule has 1 aliphatic rings. The van der Waals surface area contributed by atoms with Crippen LogP contribution in [0.5, 0.6) is 0 Å². The van der Waals surface area contributed by atoms with E-state index in [2.05, 4.69) is 15.0 Å². The molecule has 8 nitrogen and oxygen atoms in total. The van der Waals surface area contributed by atoms with Crippen molar-refractivity contribution in [1.82, 2.24) is 24.5 Å². The minimum atomic E-state index is 0.139. The van der Waals surface area contributed by atoms with E-state index in [9.17, 15) is 0 Å². The minimum absolute atomic E-state index is 0.139. The van der Waals surface area contributed by atoms with Gasteiger partial charge in [0, 0.05) is 24.5 Å². The van der Waals surface area contributed by atoms with E-state index < -0.39 is 0 Å². The second-order valence-corrected chi connectivity index (χ2v) is 5.90. The molecule has 0 aliphatic carbocycles. The van der Waals surface area contributed by atoms with Crippen molar-refractivity contribution in [2.24, 2.45) is 0 Å². The van der Waals surface area contributed by atoms with Gasteiger partial charge in [-0.15, -0.1) is 11.3 Å². The average molecular weight is 317 g/mol. The van der Waals surface area contributed by atoms with Gasteiger partial charge in [0.05, 0.1) is 5.51 Å². The topological polar surface area (TPSA) is 118 Å². The SMILES string of the molecule is Nc1nc(N)c2nc(C3CCOCC3)n(-c3cscn3)c2n1. The minimum Gasteiger partial charge on any atom is -0.382 e. The van der Waals surface area contributed by atoms with Crippen molar-refractivity contribution in [2.45, 2.75) is 18.8 Å². The lowest BCUT2D eigenvalue weighted by atomic mass is 9.99. The molecule has 0 atom stereocenters. The summed E-state index contributed by atoms with van der Waals surface area (Å²) in [6, 6.07) is 0. The molecule has 9 heteroatoms. The molecule has 0 radical (unpaired) electrons. The second kappa shape index (κ2) is 5.18. The van der Waals surface area contributed by atoms with Crippen LogP contribution in [0.15, 0.2) is 10.9 Å². The molecule has 4 heterocycles. The van der Waals surface area contributed by atoms with Gasteiger partial charge in [-0.25, -0.2) is 9.97 Å². The summed E-state index contributed by atoms with van der Waals surface area (Å²) in [5, 5.41) is 1.96. The lowest BCUT2D eigenvalue weighted by molar-refractivity contribution is 0.0833. The van der Waals surface area contributed by atoms with Gasteiger partial charge in [0.2, 0.25) is 5.95 Å². The van der Waals surface area contributed by atoms with Crippen LogP contribution < -0.4 is 11.5 Å². The molecule has 1 aliphatic heterocycles. The molecule has 3 aromatic heterocycles. The molecule has 1 saturated heterocycles. The summed E-state index contributed by atoms with van der Waals surface area (Å²) in [5.41, 5.74) is 14.7. The summed E-state index contributed by atoms with van der Waals surface area (Å²) in [7, 11) is 0. The van der Waals surface area contributed by atoms with Crippen LogP contribution in [0.1, 0.15) is 24.6 Å². The van der Waals surface area contributed by atoms with Gasteiger partial charge in [0.25, 0.3) is 0 Å². The first-order valence-electron chi connectivity index (χ1n) is 7.01. The van der Waals surface area contributed by atoms with E-state index in [1.807, 2.05) is 9.95 Å². The van der Waals surface area contributed by atoms with Crippen LogP contribution in [-0.4, -0.2) is 37.7 Å². The van der Waals surface area contributed by atoms with Crippen LogP contribution in [0.4, 0.5) is 11.8 Å². The van der Waals surface area contributed by atoms with E-state index in [1.54, 1.807) is 5.51 Å². The third-order valence-corrected chi connectivity index (χ3v) is 4.39. The van der Waals surface area contributed by atoms with Crippen LogP contribution in [-0.2, 0) is 4.74 Å². The highest BCUT2D eigenvalue weighted by Crippen LogP contribution is 2.32. The summed E-state index contributed by atoms with van der Waals surface area (Å²) < 4.78 is 7.39. The highest BCUT2D eigenvalue weighted by molar-refractivity contribution is 7.07. The third kappa shape index (κ3) is 2.09. The second-order valence-electron chi connectivity index (χ2n) is 5.18. The van der Waals surface area contributed by atoms with Gasteiger partial charge >= 0.3 is 0 Å². The predicted octanol–water partition coefficient (Wildman–Crippen LogP) is 1.33. The number of hydrogen-bond acceptors (Lipinski definition) is 8. The molecule has 4 N–H and O–H groups in total. The molecule has 0 spiro atoms. The van der Waals surface area contributed by atoms with Crippen LogP contribution in [0.3, 0.4) is 0 Å². The highest BCUT2D eigenvalue weighted by atomic mass is 32.1. The van der Waals surface area contributed by atoms with E-state index in [0.29, 0.717) is 17.0 Å². The number of thiazole rings is 1. The maximum absolute atomic E-state index is 5.97. The highest BCUT2D eigenvalue weighted by Gasteiger charge is 2.26. The Morgan fingerprint density at radius 1 is 1.18 bits per heavy atom. The Kier molecular flexibility index (Phi) is 3.16. The zero-order chi connectivity index (χ0) is 15.1. The van der Waals surface area contributed by atoms with Crippen molar-refractivity contribution in [3.8, 4) is 5.82 Å². The number of rotatable bonds is 2. The molecule has 0 bridgehead atoms. The Hall–Kier alpha value is -2.26. The lowest BCUT2D eigenvalue weighted by Crippen LogP contribution is -2.17. The molecule has 22 heavy (non-hydrogen) atoms. The predicted molar refractivity (Wildman–Crippen MR) is 84.0 cm³/mol. The number of anilines is 2. The Morgan fingerprint density at radius 2 is 2.00 bits per heavy atom. The smallest absolute Gasteiger partial charge is 0.224 e. The maximum atomic E-state index is 5.97. The van der Waals surface area contributed by atoms with E-state index in [-0.39, 0.29) is 11.9 Å². The standard InChI is InChI=1S/C13H15N7OS/c14-10-9-12(19-13(15)18-10)20(8-5-22-6-16-8)11(17-9)7-1-3-21-4-2-7/h5-7H,1-4H2,(H4,14,15,18,19). The fourth-order valence-corrected chi connectivity index (χ4v) is 3.30.